The van der Waals surface area contributed by atoms with Crippen molar-refractivity contribution in [2.75, 3.05) is 6.54 Å². The fourth-order valence-corrected chi connectivity index (χ4v) is 0.905. The normalized spacial score (nSPS) is 34.5. The summed E-state index contributed by atoms with van der Waals surface area (Å²) in [4.78, 5) is 0. The average Bonchev–Trinajstić information content (AvgIpc) is 1.86. The van der Waals surface area contributed by atoms with Gasteiger partial charge in [-0.25, -0.2) is 0 Å². The molecule has 1 nitrogen and oxygen atoms in total. The third-order valence-electron chi connectivity index (χ3n) is 1.00. The predicted octanol–water partition coefficient (Wildman–Crippen LogP) is 0.935. The SMILES string of the molecule is ClC1CCCN1. The summed E-state index contributed by atoms with van der Waals surface area (Å²) in [5, 5.41) is 3.08. The van der Waals surface area contributed by atoms with Gasteiger partial charge in [0.1, 0.15) is 0 Å². The third-order valence-corrected chi connectivity index (χ3v) is 1.37. The summed E-state index contributed by atoms with van der Waals surface area (Å²) in [6.07, 6.45) is 2.38. The standard InChI is InChI=1S/C4H8ClN/c5-4-2-1-3-6-4/h4,6H,1-3H2. The highest BCUT2D eigenvalue weighted by atomic mass is 35.5. The quantitative estimate of drug-likeness (QED) is 0.357. The van der Waals surface area contributed by atoms with E-state index in [1.165, 1.54) is 6.42 Å². The van der Waals surface area contributed by atoms with Gasteiger partial charge < -0.3 is 5.32 Å². The molecule has 1 saturated heterocycles. The lowest BCUT2D eigenvalue weighted by Gasteiger charge is -1.92. The molecule has 1 atom stereocenters. The molecule has 0 saturated carbocycles. The van der Waals surface area contributed by atoms with Gasteiger partial charge in [0, 0.05) is 0 Å². The lowest BCUT2D eigenvalue weighted by Crippen LogP contribution is -2.13. The van der Waals surface area contributed by atoms with Gasteiger partial charge in [0.15, 0.2) is 0 Å². The summed E-state index contributed by atoms with van der Waals surface area (Å²) in [5.74, 6) is 0. The molecule has 1 heterocycles. The van der Waals surface area contributed by atoms with E-state index in [0.29, 0.717) is 0 Å². The van der Waals surface area contributed by atoms with Crippen molar-refractivity contribution in [3.8, 4) is 0 Å². The van der Waals surface area contributed by atoms with Crippen molar-refractivity contribution < 1.29 is 0 Å². The summed E-state index contributed by atoms with van der Waals surface area (Å²) < 4.78 is 0. The second-order valence-electron chi connectivity index (χ2n) is 1.56. The van der Waals surface area contributed by atoms with Crippen molar-refractivity contribution in [2.24, 2.45) is 0 Å². The maximum absolute atomic E-state index is 5.60. The van der Waals surface area contributed by atoms with E-state index in [0.717, 1.165) is 13.0 Å². The van der Waals surface area contributed by atoms with Gasteiger partial charge in [0.05, 0.1) is 5.50 Å². The minimum atomic E-state index is 0.269. The minimum absolute atomic E-state index is 0.269. The van der Waals surface area contributed by atoms with E-state index in [1.54, 1.807) is 0 Å². The first kappa shape index (κ1) is 4.41. The van der Waals surface area contributed by atoms with E-state index >= 15 is 0 Å². The molecule has 0 aliphatic carbocycles. The molecule has 0 bridgehead atoms. The Labute approximate surface area is 42.7 Å². The van der Waals surface area contributed by atoms with Crippen LogP contribution in [0.5, 0.6) is 0 Å². The van der Waals surface area contributed by atoms with E-state index in [2.05, 4.69) is 5.32 Å². The van der Waals surface area contributed by atoms with Crippen LogP contribution in [0.25, 0.3) is 0 Å². The number of hydrogen-bond donors (Lipinski definition) is 1. The highest BCUT2D eigenvalue weighted by molar-refractivity contribution is 6.20. The van der Waals surface area contributed by atoms with E-state index in [1.807, 2.05) is 0 Å². The smallest absolute Gasteiger partial charge is 0.0825 e. The number of halogens is 1. The minimum Gasteiger partial charge on any atom is -0.301 e. The van der Waals surface area contributed by atoms with Crippen molar-refractivity contribution in [1.29, 1.82) is 0 Å². The summed E-state index contributed by atoms with van der Waals surface area (Å²) >= 11 is 5.60. The molecule has 0 aromatic heterocycles. The fraction of sp³-hybridized carbons (Fsp3) is 1.00. The number of rotatable bonds is 0. The number of alkyl halides is 1. The molecule has 1 aliphatic rings. The van der Waals surface area contributed by atoms with Gasteiger partial charge in [-0.3, -0.25) is 0 Å². The summed E-state index contributed by atoms with van der Waals surface area (Å²) in [5.41, 5.74) is 0.269. The van der Waals surface area contributed by atoms with E-state index < -0.39 is 0 Å². The van der Waals surface area contributed by atoms with Crippen LogP contribution in [-0.2, 0) is 0 Å². The van der Waals surface area contributed by atoms with Crippen LogP contribution in [0.3, 0.4) is 0 Å². The molecule has 1 rings (SSSR count). The Morgan fingerprint density at radius 3 is 2.67 bits per heavy atom. The Hall–Kier alpha value is 0.250. The van der Waals surface area contributed by atoms with Crippen molar-refractivity contribution in [3.63, 3.8) is 0 Å². The lowest BCUT2D eigenvalue weighted by atomic mass is 10.4. The zero-order valence-electron chi connectivity index (χ0n) is 3.58. The first-order valence-corrected chi connectivity index (χ1v) is 2.71. The summed E-state index contributed by atoms with van der Waals surface area (Å²) in [7, 11) is 0. The number of hydrogen-bond acceptors (Lipinski definition) is 1. The van der Waals surface area contributed by atoms with E-state index in [9.17, 15) is 0 Å². The van der Waals surface area contributed by atoms with Gasteiger partial charge in [-0.05, 0) is 19.4 Å². The Balaban J connectivity index is 2.18. The van der Waals surface area contributed by atoms with Crippen LogP contribution >= 0.6 is 11.6 Å². The Kier molecular flexibility index (Phi) is 1.33. The van der Waals surface area contributed by atoms with Gasteiger partial charge in [0.2, 0.25) is 0 Å². The van der Waals surface area contributed by atoms with Crippen LogP contribution in [-0.4, -0.2) is 12.0 Å². The van der Waals surface area contributed by atoms with Gasteiger partial charge >= 0.3 is 0 Å². The molecule has 2 heteroatoms. The first-order chi connectivity index (χ1) is 2.89. The molecule has 36 valence electrons. The number of nitrogens with one attached hydrogen (secondary N) is 1. The van der Waals surface area contributed by atoms with Crippen LogP contribution in [0.15, 0.2) is 0 Å². The Morgan fingerprint density at radius 2 is 2.50 bits per heavy atom. The fourth-order valence-electron chi connectivity index (χ4n) is 0.642. The summed E-state index contributed by atoms with van der Waals surface area (Å²) in [6.45, 7) is 1.11. The molecule has 0 spiro atoms. The van der Waals surface area contributed by atoms with Gasteiger partial charge in [-0.1, -0.05) is 0 Å². The molecule has 1 unspecified atom stereocenters. The highest BCUT2D eigenvalue weighted by Crippen LogP contribution is 2.06. The molecule has 1 aliphatic heterocycles. The monoisotopic (exact) mass is 105 g/mol. The predicted molar refractivity (Wildman–Crippen MR) is 26.9 cm³/mol. The van der Waals surface area contributed by atoms with Crippen molar-refractivity contribution in [3.05, 3.63) is 0 Å². The Morgan fingerprint density at radius 1 is 1.67 bits per heavy atom. The third kappa shape index (κ3) is 0.854. The topological polar surface area (TPSA) is 12.0 Å². The zero-order valence-corrected chi connectivity index (χ0v) is 4.33. The van der Waals surface area contributed by atoms with Gasteiger partial charge in [0.25, 0.3) is 0 Å². The van der Waals surface area contributed by atoms with Crippen LogP contribution in [0, 0.1) is 0 Å². The first-order valence-electron chi connectivity index (χ1n) is 2.27. The van der Waals surface area contributed by atoms with Gasteiger partial charge in [-0.2, -0.15) is 0 Å². The van der Waals surface area contributed by atoms with Gasteiger partial charge in [-0.15, -0.1) is 11.6 Å². The van der Waals surface area contributed by atoms with Crippen LogP contribution in [0.1, 0.15) is 12.8 Å². The molecule has 0 aromatic rings. The van der Waals surface area contributed by atoms with E-state index in [-0.39, 0.29) is 5.50 Å². The van der Waals surface area contributed by atoms with Crippen LogP contribution < -0.4 is 5.32 Å². The maximum atomic E-state index is 5.60. The molecular formula is C4H8ClN. The van der Waals surface area contributed by atoms with Crippen molar-refractivity contribution in [2.45, 2.75) is 18.3 Å². The molecule has 1 N–H and O–H groups in total. The van der Waals surface area contributed by atoms with Crippen LogP contribution in [0.4, 0.5) is 0 Å². The molecular weight excluding hydrogens is 97.5 g/mol. The lowest BCUT2D eigenvalue weighted by molar-refractivity contribution is 0.796. The zero-order chi connectivity index (χ0) is 4.41. The Bertz CT molecular complexity index is 40.8. The molecule has 0 aromatic carbocycles. The van der Waals surface area contributed by atoms with Crippen molar-refractivity contribution >= 4 is 11.6 Å². The maximum Gasteiger partial charge on any atom is 0.0825 e. The van der Waals surface area contributed by atoms with Crippen LogP contribution in [0.2, 0.25) is 0 Å². The molecule has 0 radical (unpaired) electrons. The average molecular weight is 106 g/mol. The van der Waals surface area contributed by atoms with E-state index in [4.69, 9.17) is 11.6 Å². The molecule has 6 heavy (non-hydrogen) atoms. The highest BCUT2D eigenvalue weighted by Gasteiger charge is 2.07. The largest absolute Gasteiger partial charge is 0.301 e. The second-order valence-corrected chi connectivity index (χ2v) is 2.09. The molecule has 0 amide bonds. The molecule has 1 fully saturated rings. The second kappa shape index (κ2) is 1.80. The summed E-state index contributed by atoms with van der Waals surface area (Å²) in [6, 6.07) is 0. The van der Waals surface area contributed by atoms with Crippen molar-refractivity contribution in [1.82, 2.24) is 5.32 Å².